The Kier molecular flexibility index (Phi) is 10.2. The van der Waals surface area contributed by atoms with E-state index in [1.165, 1.54) is 0 Å². The third-order valence-electron chi connectivity index (χ3n) is 3.48. The van der Waals surface area contributed by atoms with E-state index in [0.717, 1.165) is 44.7 Å². The zero-order chi connectivity index (χ0) is 14.4. The van der Waals surface area contributed by atoms with Gasteiger partial charge in [0.1, 0.15) is 0 Å². The summed E-state index contributed by atoms with van der Waals surface area (Å²) in [6.07, 6.45) is 0.838. The number of rotatable bonds is 6. The molecule has 1 aromatic rings. The maximum atomic E-state index is 12.1. The largest absolute Gasteiger partial charge is 0.314 e. The smallest absolute Gasteiger partial charge is 0.240 e. The van der Waals surface area contributed by atoms with Gasteiger partial charge >= 0.3 is 0 Å². The number of aryl methyl sites for hydroxylation is 1. The quantitative estimate of drug-likeness (QED) is 0.744. The van der Waals surface area contributed by atoms with Gasteiger partial charge in [0.25, 0.3) is 0 Å². The van der Waals surface area contributed by atoms with Crippen LogP contribution in [0.5, 0.6) is 0 Å². The Balaban J connectivity index is 0.00000220. The highest BCUT2D eigenvalue weighted by Gasteiger charge is 2.13. The van der Waals surface area contributed by atoms with Crippen molar-refractivity contribution in [3.8, 4) is 0 Å². The average molecular weight is 370 g/mol. The molecule has 2 N–H and O–H groups in total. The van der Waals surface area contributed by atoms with E-state index in [2.05, 4.69) is 14.9 Å². The van der Waals surface area contributed by atoms with Gasteiger partial charge < -0.3 is 10.2 Å². The molecule has 1 aromatic carbocycles. The Morgan fingerprint density at radius 2 is 1.73 bits per heavy atom. The molecule has 5 nitrogen and oxygen atoms in total. The molecule has 0 spiro atoms. The minimum atomic E-state index is -3.36. The number of nitrogens with zero attached hydrogens (tertiary/aromatic N) is 1. The molecule has 0 amide bonds. The van der Waals surface area contributed by atoms with Crippen LogP contribution in [0, 0.1) is 6.92 Å². The summed E-state index contributed by atoms with van der Waals surface area (Å²) in [5, 5.41) is 3.30. The Hall–Kier alpha value is -0.370. The highest BCUT2D eigenvalue weighted by atomic mass is 35.5. The first-order valence-electron chi connectivity index (χ1n) is 7.07. The zero-order valence-corrected chi connectivity index (χ0v) is 15.2. The Labute approximate surface area is 145 Å². The minimum Gasteiger partial charge on any atom is -0.314 e. The molecule has 0 unspecified atom stereocenters. The third kappa shape index (κ3) is 6.81. The lowest BCUT2D eigenvalue weighted by atomic mass is 10.2. The summed E-state index contributed by atoms with van der Waals surface area (Å²) in [5.41, 5.74) is 1.06. The van der Waals surface area contributed by atoms with Gasteiger partial charge in [0.05, 0.1) is 4.90 Å². The van der Waals surface area contributed by atoms with Crippen LogP contribution < -0.4 is 10.0 Å². The zero-order valence-electron chi connectivity index (χ0n) is 12.7. The first-order chi connectivity index (χ1) is 9.58. The molecule has 2 rings (SSSR count). The fraction of sp³-hybridized carbons (Fsp3) is 0.571. The van der Waals surface area contributed by atoms with Crippen LogP contribution in [0.4, 0.5) is 0 Å². The summed E-state index contributed by atoms with van der Waals surface area (Å²) in [4.78, 5) is 2.70. The molecule has 128 valence electrons. The van der Waals surface area contributed by atoms with Crippen molar-refractivity contribution in [2.75, 3.05) is 39.3 Å². The first kappa shape index (κ1) is 21.6. The van der Waals surface area contributed by atoms with E-state index < -0.39 is 10.0 Å². The molecule has 0 aliphatic carbocycles. The van der Waals surface area contributed by atoms with Gasteiger partial charge in [-0.05, 0) is 32.0 Å². The van der Waals surface area contributed by atoms with Crippen molar-refractivity contribution in [3.63, 3.8) is 0 Å². The van der Waals surface area contributed by atoms with Crippen LogP contribution in [0.2, 0.25) is 0 Å². The van der Waals surface area contributed by atoms with E-state index in [0.29, 0.717) is 11.4 Å². The fourth-order valence-electron chi connectivity index (χ4n) is 2.24. The van der Waals surface area contributed by atoms with Gasteiger partial charge in [-0.25, -0.2) is 13.1 Å². The molecule has 0 aromatic heterocycles. The van der Waals surface area contributed by atoms with E-state index in [-0.39, 0.29) is 24.8 Å². The molecule has 1 aliphatic rings. The van der Waals surface area contributed by atoms with E-state index in [1.54, 1.807) is 12.1 Å². The molecule has 22 heavy (non-hydrogen) atoms. The van der Waals surface area contributed by atoms with Gasteiger partial charge in [0, 0.05) is 32.7 Å². The van der Waals surface area contributed by atoms with Crippen LogP contribution in [0.25, 0.3) is 0 Å². The molecular weight excluding hydrogens is 345 g/mol. The van der Waals surface area contributed by atoms with Crippen molar-refractivity contribution in [1.82, 2.24) is 14.9 Å². The lowest BCUT2D eigenvalue weighted by Gasteiger charge is -2.27. The highest BCUT2D eigenvalue weighted by molar-refractivity contribution is 7.89. The fourth-order valence-corrected chi connectivity index (χ4v) is 3.32. The van der Waals surface area contributed by atoms with Crippen molar-refractivity contribution in [1.29, 1.82) is 0 Å². The first-order valence-corrected chi connectivity index (χ1v) is 8.56. The molecule has 0 radical (unpaired) electrons. The third-order valence-corrected chi connectivity index (χ3v) is 4.96. The maximum absolute atomic E-state index is 12.1. The number of hydrogen-bond donors (Lipinski definition) is 2. The summed E-state index contributed by atoms with van der Waals surface area (Å²) in [5.74, 6) is 0. The number of benzene rings is 1. The monoisotopic (exact) mass is 369 g/mol. The lowest BCUT2D eigenvalue weighted by Crippen LogP contribution is -2.44. The van der Waals surface area contributed by atoms with Crippen molar-refractivity contribution in [2.24, 2.45) is 0 Å². The second-order valence-electron chi connectivity index (χ2n) is 5.16. The number of sulfonamides is 1. The molecule has 0 saturated carbocycles. The normalized spacial score (nSPS) is 15.7. The predicted molar refractivity (Wildman–Crippen MR) is 94.8 cm³/mol. The topological polar surface area (TPSA) is 61.4 Å². The highest BCUT2D eigenvalue weighted by Crippen LogP contribution is 2.09. The number of halogens is 2. The molecule has 0 bridgehead atoms. The van der Waals surface area contributed by atoms with Crippen molar-refractivity contribution < 1.29 is 8.42 Å². The van der Waals surface area contributed by atoms with E-state index in [4.69, 9.17) is 0 Å². The van der Waals surface area contributed by atoms with Crippen LogP contribution >= 0.6 is 24.8 Å². The second kappa shape index (κ2) is 10.4. The summed E-state index contributed by atoms with van der Waals surface area (Å²) < 4.78 is 26.8. The van der Waals surface area contributed by atoms with Crippen LogP contribution in [0.3, 0.4) is 0 Å². The van der Waals surface area contributed by atoms with E-state index in [9.17, 15) is 8.42 Å². The predicted octanol–water partition coefficient (Wildman–Crippen LogP) is 1.41. The molecule has 1 fully saturated rings. The van der Waals surface area contributed by atoms with Gasteiger partial charge in [-0.3, -0.25) is 0 Å². The van der Waals surface area contributed by atoms with Gasteiger partial charge in [-0.2, -0.15) is 0 Å². The van der Waals surface area contributed by atoms with Crippen molar-refractivity contribution in [3.05, 3.63) is 29.8 Å². The van der Waals surface area contributed by atoms with Crippen molar-refractivity contribution >= 4 is 34.8 Å². The summed E-state index contributed by atoms with van der Waals surface area (Å²) >= 11 is 0. The maximum Gasteiger partial charge on any atom is 0.240 e. The van der Waals surface area contributed by atoms with Crippen LogP contribution in [-0.4, -0.2) is 52.6 Å². The molecular formula is C14H25Cl2N3O2S. The Morgan fingerprint density at radius 3 is 2.32 bits per heavy atom. The molecule has 0 atom stereocenters. The minimum absolute atomic E-state index is 0. The standard InChI is InChI=1S/C14H23N3O2S.2ClH/c1-13-3-5-14(6-4-13)20(18,19)16-7-2-10-17-11-8-15-9-12-17;;/h3-6,15-16H,2,7-12H2,1H3;2*1H. The summed E-state index contributed by atoms with van der Waals surface area (Å²) in [6.45, 7) is 7.51. The summed E-state index contributed by atoms with van der Waals surface area (Å²) in [6, 6.07) is 6.92. The van der Waals surface area contributed by atoms with Crippen molar-refractivity contribution in [2.45, 2.75) is 18.2 Å². The molecule has 1 aliphatic heterocycles. The van der Waals surface area contributed by atoms with Gasteiger partial charge in [-0.15, -0.1) is 24.8 Å². The van der Waals surface area contributed by atoms with Gasteiger partial charge in [-0.1, -0.05) is 17.7 Å². The second-order valence-corrected chi connectivity index (χ2v) is 6.92. The van der Waals surface area contributed by atoms with E-state index in [1.807, 2.05) is 19.1 Å². The molecule has 1 heterocycles. The van der Waals surface area contributed by atoms with Gasteiger partial charge in [0.2, 0.25) is 10.0 Å². The number of piperazine rings is 1. The average Bonchev–Trinajstić information content (AvgIpc) is 2.45. The van der Waals surface area contributed by atoms with Crippen LogP contribution in [0.15, 0.2) is 29.2 Å². The molecule has 8 heteroatoms. The van der Waals surface area contributed by atoms with E-state index >= 15 is 0 Å². The number of nitrogens with one attached hydrogen (secondary N) is 2. The SMILES string of the molecule is Cc1ccc(S(=O)(=O)NCCCN2CCNCC2)cc1.Cl.Cl. The van der Waals surface area contributed by atoms with Gasteiger partial charge in [0.15, 0.2) is 0 Å². The lowest BCUT2D eigenvalue weighted by molar-refractivity contribution is 0.239. The molecule has 1 saturated heterocycles. The van der Waals surface area contributed by atoms with Crippen LogP contribution in [-0.2, 0) is 10.0 Å². The number of hydrogen-bond acceptors (Lipinski definition) is 4. The Bertz CT molecular complexity index is 517. The Morgan fingerprint density at radius 1 is 1.14 bits per heavy atom. The summed E-state index contributed by atoms with van der Waals surface area (Å²) in [7, 11) is -3.36. The van der Waals surface area contributed by atoms with Crippen LogP contribution in [0.1, 0.15) is 12.0 Å².